The zero-order valence-electron chi connectivity index (χ0n) is 17.7. The maximum Gasteiger partial charge on any atom is 0.265 e. The van der Waals surface area contributed by atoms with Crippen LogP contribution in [0, 0.1) is 13.8 Å². The summed E-state index contributed by atoms with van der Waals surface area (Å²) < 4.78 is 38.0. The molecule has 2 amide bonds. The minimum atomic E-state index is -3.79. The van der Waals surface area contributed by atoms with Gasteiger partial charge in [0.25, 0.3) is 5.91 Å². The highest BCUT2D eigenvalue weighted by Gasteiger charge is 2.34. The molecule has 1 aromatic heterocycles. The summed E-state index contributed by atoms with van der Waals surface area (Å²) in [6.07, 6.45) is 0.466. The molecule has 3 heterocycles. The number of carbonyl (C=O) groups excluding carboxylic acids is 2. The Kier molecular flexibility index (Phi) is 6.15. The SMILES string of the molecule is Cc1noc(C)c1S(=O)(=O)N1CCCN(C(=O)CN2C(=O)COc3ccc(Cl)cc32)CC1. The van der Waals surface area contributed by atoms with Gasteiger partial charge in [0.15, 0.2) is 12.4 Å². The summed E-state index contributed by atoms with van der Waals surface area (Å²) in [5.74, 6) is 0.102. The molecule has 0 saturated carbocycles. The quantitative estimate of drug-likeness (QED) is 0.650. The lowest BCUT2D eigenvalue weighted by molar-refractivity contribution is -0.131. The number of amides is 2. The van der Waals surface area contributed by atoms with Crippen LogP contribution in [-0.4, -0.2) is 73.9 Å². The molecule has 0 radical (unpaired) electrons. The predicted octanol–water partition coefficient (Wildman–Crippen LogP) is 1.59. The van der Waals surface area contributed by atoms with E-state index in [1.54, 1.807) is 36.9 Å². The van der Waals surface area contributed by atoms with E-state index in [0.29, 0.717) is 35.1 Å². The van der Waals surface area contributed by atoms with Crippen molar-refractivity contribution in [1.29, 1.82) is 0 Å². The molecule has 0 spiro atoms. The van der Waals surface area contributed by atoms with Gasteiger partial charge in [0.1, 0.15) is 22.9 Å². The number of anilines is 1. The van der Waals surface area contributed by atoms with E-state index in [2.05, 4.69) is 5.16 Å². The second-order valence-corrected chi connectivity index (χ2v) is 9.98. The first kappa shape index (κ1) is 22.6. The van der Waals surface area contributed by atoms with Crippen LogP contribution in [0.15, 0.2) is 27.6 Å². The molecular weight excluding hydrogens is 460 g/mol. The first-order valence-electron chi connectivity index (χ1n) is 10.1. The topological polar surface area (TPSA) is 113 Å². The molecule has 1 aromatic carbocycles. The van der Waals surface area contributed by atoms with Gasteiger partial charge < -0.3 is 14.2 Å². The third-order valence-electron chi connectivity index (χ3n) is 5.53. The molecule has 12 heteroatoms. The van der Waals surface area contributed by atoms with Gasteiger partial charge in [-0.25, -0.2) is 8.42 Å². The van der Waals surface area contributed by atoms with Crippen LogP contribution in [0.3, 0.4) is 0 Å². The van der Waals surface area contributed by atoms with Gasteiger partial charge in [-0.15, -0.1) is 0 Å². The average Bonchev–Trinajstić information content (AvgIpc) is 2.94. The molecule has 172 valence electrons. The van der Waals surface area contributed by atoms with Crippen molar-refractivity contribution in [1.82, 2.24) is 14.4 Å². The fraction of sp³-hybridized carbons (Fsp3) is 0.450. The molecule has 10 nitrogen and oxygen atoms in total. The van der Waals surface area contributed by atoms with E-state index in [0.717, 1.165) is 0 Å². The second kappa shape index (κ2) is 8.72. The minimum Gasteiger partial charge on any atom is -0.482 e. The molecular formula is C20H23ClN4O6S. The Bertz CT molecular complexity index is 1150. The number of hydrogen-bond donors (Lipinski definition) is 0. The Hall–Kier alpha value is -2.63. The van der Waals surface area contributed by atoms with Crippen LogP contribution in [-0.2, 0) is 19.6 Å². The number of nitrogens with zero attached hydrogens (tertiary/aromatic N) is 4. The van der Waals surface area contributed by atoms with Gasteiger partial charge in [0.05, 0.1) is 5.69 Å². The van der Waals surface area contributed by atoms with Gasteiger partial charge in [0.2, 0.25) is 15.9 Å². The van der Waals surface area contributed by atoms with Crippen molar-refractivity contribution in [3.8, 4) is 5.75 Å². The van der Waals surface area contributed by atoms with Crippen molar-refractivity contribution in [2.75, 3.05) is 44.2 Å². The summed E-state index contributed by atoms with van der Waals surface area (Å²) in [5, 5.41) is 4.16. The number of halogens is 1. The maximum absolute atomic E-state index is 13.1. The summed E-state index contributed by atoms with van der Waals surface area (Å²) in [6, 6.07) is 4.89. The zero-order valence-corrected chi connectivity index (χ0v) is 19.3. The summed E-state index contributed by atoms with van der Waals surface area (Å²) in [4.78, 5) is 28.4. The number of benzene rings is 1. The molecule has 0 atom stereocenters. The Labute approximate surface area is 190 Å². The van der Waals surface area contributed by atoms with E-state index >= 15 is 0 Å². The molecule has 4 rings (SSSR count). The predicted molar refractivity (Wildman–Crippen MR) is 115 cm³/mol. The third kappa shape index (κ3) is 4.19. The highest BCUT2D eigenvalue weighted by molar-refractivity contribution is 7.89. The molecule has 0 N–H and O–H groups in total. The maximum atomic E-state index is 13.1. The molecule has 1 saturated heterocycles. The van der Waals surface area contributed by atoms with E-state index in [4.69, 9.17) is 20.9 Å². The van der Waals surface area contributed by atoms with Crippen LogP contribution in [0.1, 0.15) is 17.9 Å². The number of sulfonamides is 1. The largest absolute Gasteiger partial charge is 0.482 e. The van der Waals surface area contributed by atoms with Crippen molar-refractivity contribution in [2.24, 2.45) is 0 Å². The molecule has 2 aliphatic rings. The summed E-state index contributed by atoms with van der Waals surface area (Å²) >= 11 is 6.06. The summed E-state index contributed by atoms with van der Waals surface area (Å²) in [6.45, 7) is 3.81. The normalized spacial score (nSPS) is 17.7. The Morgan fingerprint density at radius 1 is 1.19 bits per heavy atom. The first-order chi connectivity index (χ1) is 15.2. The number of hydrogen-bond acceptors (Lipinski definition) is 7. The number of fused-ring (bicyclic) bond motifs is 1. The standard InChI is InChI=1S/C20H23ClN4O6S/c1-13-20(14(2)31-22-13)32(28,29)24-7-3-6-23(8-9-24)18(26)11-25-16-10-15(21)4-5-17(16)30-12-19(25)27/h4-5,10H,3,6-9,11-12H2,1-2H3. The first-order valence-corrected chi connectivity index (χ1v) is 11.9. The number of ether oxygens (including phenoxy) is 1. The number of aromatic nitrogens is 1. The van der Waals surface area contributed by atoms with E-state index in [1.807, 2.05) is 0 Å². The Morgan fingerprint density at radius 2 is 1.97 bits per heavy atom. The van der Waals surface area contributed by atoms with Crippen molar-refractivity contribution in [3.63, 3.8) is 0 Å². The lowest BCUT2D eigenvalue weighted by atomic mass is 10.2. The molecule has 1 fully saturated rings. The molecule has 0 aliphatic carbocycles. The van der Waals surface area contributed by atoms with Crippen LogP contribution in [0.25, 0.3) is 0 Å². The van der Waals surface area contributed by atoms with Crippen molar-refractivity contribution >= 4 is 39.1 Å². The molecule has 2 aliphatic heterocycles. The monoisotopic (exact) mass is 482 g/mol. The molecule has 0 bridgehead atoms. The Morgan fingerprint density at radius 3 is 2.69 bits per heavy atom. The van der Waals surface area contributed by atoms with Crippen LogP contribution in [0.2, 0.25) is 5.02 Å². The highest BCUT2D eigenvalue weighted by Crippen LogP contribution is 2.34. The fourth-order valence-electron chi connectivity index (χ4n) is 3.94. The number of rotatable bonds is 4. The summed E-state index contributed by atoms with van der Waals surface area (Å²) in [5.41, 5.74) is 0.752. The lowest BCUT2D eigenvalue weighted by Gasteiger charge is -2.31. The number of carbonyl (C=O) groups is 2. The van der Waals surface area contributed by atoms with Crippen molar-refractivity contribution < 1.29 is 27.3 Å². The van der Waals surface area contributed by atoms with Crippen molar-refractivity contribution in [3.05, 3.63) is 34.7 Å². The van der Waals surface area contributed by atoms with Crippen LogP contribution in [0.5, 0.6) is 5.75 Å². The van der Waals surface area contributed by atoms with E-state index in [-0.39, 0.29) is 55.3 Å². The molecule has 2 aromatic rings. The Balaban J connectivity index is 1.47. The van der Waals surface area contributed by atoms with E-state index in [1.165, 1.54) is 9.21 Å². The third-order valence-corrected chi connectivity index (χ3v) is 7.91. The number of aryl methyl sites for hydroxylation is 2. The van der Waals surface area contributed by atoms with Crippen LogP contribution < -0.4 is 9.64 Å². The zero-order chi connectivity index (χ0) is 23.0. The van der Waals surface area contributed by atoms with Gasteiger partial charge in [-0.2, -0.15) is 4.31 Å². The molecule has 0 unspecified atom stereocenters. The summed E-state index contributed by atoms with van der Waals surface area (Å²) in [7, 11) is -3.79. The van der Waals surface area contributed by atoms with Gasteiger partial charge in [-0.05, 0) is 38.5 Å². The van der Waals surface area contributed by atoms with Gasteiger partial charge in [0, 0.05) is 31.2 Å². The van der Waals surface area contributed by atoms with E-state index < -0.39 is 10.0 Å². The average molecular weight is 483 g/mol. The van der Waals surface area contributed by atoms with Gasteiger partial charge >= 0.3 is 0 Å². The molecule has 32 heavy (non-hydrogen) atoms. The highest BCUT2D eigenvalue weighted by atomic mass is 35.5. The van der Waals surface area contributed by atoms with Crippen LogP contribution >= 0.6 is 11.6 Å². The minimum absolute atomic E-state index is 0.0738. The smallest absolute Gasteiger partial charge is 0.265 e. The van der Waals surface area contributed by atoms with Gasteiger partial charge in [-0.1, -0.05) is 16.8 Å². The van der Waals surface area contributed by atoms with E-state index in [9.17, 15) is 18.0 Å². The van der Waals surface area contributed by atoms with Crippen molar-refractivity contribution in [2.45, 2.75) is 25.2 Å². The lowest BCUT2D eigenvalue weighted by Crippen LogP contribution is -2.47. The fourth-order valence-corrected chi connectivity index (χ4v) is 5.87. The van der Waals surface area contributed by atoms with Crippen LogP contribution in [0.4, 0.5) is 5.69 Å². The second-order valence-electron chi connectivity index (χ2n) is 7.67. The van der Waals surface area contributed by atoms with Gasteiger partial charge in [-0.3, -0.25) is 14.5 Å².